The molecule has 0 saturated heterocycles. The van der Waals surface area contributed by atoms with Gasteiger partial charge in [0.2, 0.25) is 0 Å². The summed E-state index contributed by atoms with van der Waals surface area (Å²) in [5, 5.41) is 10.4. The van der Waals surface area contributed by atoms with Gasteiger partial charge >= 0.3 is 25.8 Å². The SMILES string of the molecule is CCc1[cH-]c2ccccc2c1[Si](C)(c1ccccc1)c1c(CC)[cH-]c2ccccc12.[CH3-].[CH3-].[Hf+4]. The summed E-state index contributed by atoms with van der Waals surface area (Å²) in [5.74, 6) is 0. The zero-order valence-corrected chi connectivity index (χ0v) is 25.2. The second-order valence-electron chi connectivity index (χ2n) is 8.46. The van der Waals surface area contributed by atoms with Crippen LogP contribution < -0.4 is 15.6 Å². The molecule has 2 heteroatoms. The van der Waals surface area contributed by atoms with E-state index in [4.69, 9.17) is 0 Å². The molecule has 0 bridgehead atoms. The second-order valence-corrected chi connectivity index (χ2v) is 12.3. The van der Waals surface area contributed by atoms with Crippen molar-refractivity contribution in [1.29, 1.82) is 0 Å². The van der Waals surface area contributed by atoms with Crippen LogP contribution in [0.5, 0.6) is 0 Å². The van der Waals surface area contributed by atoms with Crippen LogP contribution in [-0.2, 0) is 38.7 Å². The summed E-state index contributed by atoms with van der Waals surface area (Å²) >= 11 is 0. The van der Waals surface area contributed by atoms with E-state index in [2.05, 4.69) is 111 Å². The van der Waals surface area contributed by atoms with Crippen LogP contribution in [0.25, 0.3) is 21.5 Å². The van der Waals surface area contributed by atoms with Crippen molar-refractivity contribution in [3.63, 3.8) is 0 Å². The first kappa shape index (κ1) is 27.2. The molecule has 5 aromatic carbocycles. The predicted octanol–water partition coefficient (Wildman–Crippen LogP) is 6.55. The van der Waals surface area contributed by atoms with Crippen LogP contribution in [0.4, 0.5) is 0 Å². The van der Waals surface area contributed by atoms with Crippen molar-refractivity contribution in [3.05, 3.63) is 117 Å². The molecule has 166 valence electrons. The van der Waals surface area contributed by atoms with Gasteiger partial charge in [-0.25, -0.2) is 0 Å². The van der Waals surface area contributed by atoms with E-state index in [-0.39, 0.29) is 40.7 Å². The van der Waals surface area contributed by atoms with Crippen molar-refractivity contribution in [2.45, 2.75) is 33.2 Å². The van der Waals surface area contributed by atoms with Crippen molar-refractivity contribution in [2.75, 3.05) is 0 Å². The number of fused-ring (bicyclic) bond motifs is 2. The Balaban J connectivity index is 0.00000128. The predicted molar refractivity (Wildman–Crippen MR) is 148 cm³/mol. The molecule has 33 heavy (non-hydrogen) atoms. The molecule has 0 aromatic heterocycles. The summed E-state index contributed by atoms with van der Waals surface area (Å²) in [6, 6.07) is 34.2. The average Bonchev–Trinajstić information content (AvgIpc) is 3.38. The molecule has 0 amide bonds. The molecular formula is C31H34HfSi. The molecule has 0 nitrogen and oxygen atoms in total. The molecule has 0 heterocycles. The summed E-state index contributed by atoms with van der Waals surface area (Å²) in [6.07, 6.45) is 2.14. The van der Waals surface area contributed by atoms with Crippen molar-refractivity contribution in [3.8, 4) is 0 Å². The molecule has 0 atom stereocenters. The van der Waals surface area contributed by atoms with Gasteiger partial charge in [0, 0.05) is 8.07 Å². The van der Waals surface area contributed by atoms with Crippen LogP contribution in [0.2, 0.25) is 6.55 Å². The third-order valence-electron chi connectivity index (χ3n) is 6.87. The van der Waals surface area contributed by atoms with Gasteiger partial charge in [-0.15, -0.1) is 81.2 Å². The molecule has 0 aliphatic rings. The molecule has 5 aromatic rings. The fourth-order valence-electron chi connectivity index (χ4n) is 5.49. The number of benzene rings is 3. The maximum atomic E-state index is 2.59. The summed E-state index contributed by atoms with van der Waals surface area (Å²) in [6.45, 7) is 7.20. The van der Waals surface area contributed by atoms with Gasteiger partial charge in [-0.1, -0.05) is 68.0 Å². The minimum Gasteiger partial charge on any atom is -0.358 e. The van der Waals surface area contributed by atoms with Crippen molar-refractivity contribution in [2.24, 2.45) is 0 Å². The van der Waals surface area contributed by atoms with Gasteiger partial charge in [0.05, 0.1) is 0 Å². The molecule has 0 saturated carbocycles. The van der Waals surface area contributed by atoms with E-state index < -0.39 is 8.07 Å². The molecule has 5 rings (SSSR count). The Morgan fingerprint density at radius 2 is 1.00 bits per heavy atom. The van der Waals surface area contributed by atoms with Gasteiger partial charge < -0.3 is 14.9 Å². The minimum atomic E-state index is -2.23. The molecular weight excluding hydrogens is 579 g/mol. The Labute approximate surface area is 220 Å². The van der Waals surface area contributed by atoms with Crippen LogP contribution >= 0.6 is 0 Å². The summed E-state index contributed by atoms with van der Waals surface area (Å²) in [7, 11) is -2.23. The topological polar surface area (TPSA) is 0 Å². The van der Waals surface area contributed by atoms with Crippen molar-refractivity contribution >= 4 is 45.2 Å². The Hall–Kier alpha value is -2.03. The van der Waals surface area contributed by atoms with Gasteiger partial charge in [-0.3, -0.25) is 0 Å². The first-order valence-electron chi connectivity index (χ1n) is 11.1. The Morgan fingerprint density at radius 3 is 1.42 bits per heavy atom. The maximum absolute atomic E-state index is 2.59. The largest absolute Gasteiger partial charge is 4.00 e. The standard InChI is InChI=1S/C29H28Si.2CH3.Hf/c1-4-21-19-23-13-9-11-17-26(23)28(21)30(3,25-15-7-6-8-16-25)29-22(5-2)20-24-14-10-12-18-27(24)29;;;/h6-20H,4-5H2,1-3H3;2*1H3;/q-2;2*-1;+4. The number of rotatable bonds is 5. The Kier molecular flexibility index (Phi) is 9.01. The summed E-state index contributed by atoms with van der Waals surface area (Å²) in [5.41, 5.74) is 3.03. The van der Waals surface area contributed by atoms with Crippen LogP contribution in [0.3, 0.4) is 0 Å². The van der Waals surface area contributed by atoms with Crippen molar-refractivity contribution in [1.82, 2.24) is 0 Å². The molecule has 0 radical (unpaired) electrons. The van der Waals surface area contributed by atoms with E-state index in [0.29, 0.717) is 0 Å². The number of hydrogen-bond acceptors (Lipinski definition) is 0. The third-order valence-corrected chi connectivity index (χ3v) is 11.5. The Morgan fingerprint density at radius 1 is 0.606 bits per heavy atom. The van der Waals surface area contributed by atoms with E-state index in [0.717, 1.165) is 12.8 Å². The minimum absolute atomic E-state index is 0. The molecule has 0 aliphatic heterocycles. The van der Waals surface area contributed by atoms with Gasteiger partial charge in [0.1, 0.15) is 0 Å². The quantitative estimate of drug-likeness (QED) is 0.156. The van der Waals surface area contributed by atoms with Crippen LogP contribution in [-0.4, -0.2) is 8.07 Å². The fourth-order valence-corrected chi connectivity index (χ4v) is 10.5. The third kappa shape index (κ3) is 4.28. The average molecular weight is 613 g/mol. The van der Waals surface area contributed by atoms with Gasteiger partial charge in [-0.2, -0.15) is 10.4 Å². The number of aryl methyl sites for hydroxylation is 2. The zero-order valence-electron chi connectivity index (χ0n) is 20.6. The maximum Gasteiger partial charge on any atom is 4.00 e. The fraction of sp³-hybridized carbons (Fsp3) is 0.161. The van der Waals surface area contributed by atoms with E-state index in [1.54, 1.807) is 10.4 Å². The summed E-state index contributed by atoms with van der Waals surface area (Å²) < 4.78 is 0. The first-order valence-corrected chi connectivity index (χ1v) is 13.6. The summed E-state index contributed by atoms with van der Waals surface area (Å²) in [4.78, 5) is 0. The number of hydrogen-bond donors (Lipinski definition) is 0. The van der Waals surface area contributed by atoms with Crippen LogP contribution in [0.15, 0.2) is 91.0 Å². The normalized spacial score (nSPS) is 11.0. The zero-order chi connectivity index (χ0) is 20.7. The smallest absolute Gasteiger partial charge is 0.358 e. The molecule has 0 unspecified atom stereocenters. The second kappa shape index (κ2) is 10.9. The molecule has 0 spiro atoms. The van der Waals surface area contributed by atoms with E-state index in [9.17, 15) is 0 Å². The van der Waals surface area contributed by atoms with Gasteiger partial charge in [-0.05, 0) is 12.8 Å². The van der Waals surface area contributed by atoms with E-state index in [1.807, 2.05) is 0 Å². The molecule has 0 N–H and O–H groups in total. The Bertz CT molecular complexity index is 1240. The van der Waals surface area contributed by atoms with Crippen LogP contribution in [0, 0.1) is 14.9 Å². The van der Waals surface area contributed by atoms with Gasteiger partial charge in [0.15, 0.2) is 0 Å². The van der Waals surface area contributed by atoms with Crippen molar-refractivity contribution < 1.29 is 25.8 Å². The molecule has 0 aliphatic carbocycles. The van der Waals surface area contributed by atoms with Gasteiger partial charge in [0.25, 0.3) is 0 Å². The molecule has 0 fully saturated rings. The van der Waals surface area contributed by atoms with Crippen LogP contribution in [0.1, 0.15) is 25.0 Å². The monoisotopic (exact) mass is 614 g/mol. The van der Waals surface area contributed by atoms with E-state index >= 15 is 0 Å². The van der Waals surface area contributed by atoms with E-state index in [1.165, 1.54) is 37.9 Å². The first-order chi connectivity index (χ1) is 14.7.